The number of ether oxygens (including phenoxy) is 1. The molecule has 1 aliphatic heterocycles. The number of hydrogen-bond donors (Lipinski definition) is 1. The van der Waals surface area contributed by atoms with Crippen molar-refractivity contribution in [1.82, 2.24) is 0 Å². The summed E-state index contributed by atoms with van der Waals surface area (Å²) in [6, 6.07) is 13.0. The summed E-state index contributed by atoms with van der Waals surface area (Å²) < 4.78 is 5.38. The van der Waals surface area contributed by atoms with Gasteiger partial charge in [-0.1, -0.05) is 25.1 Å². The van der Waals surface area contributed by atoms with Crippen LogP contribution in [-0.4, -0.2) is 18.9 Å². The molecule has 0 spiro atoms. The Bertz CT molecular complexity index is 786. The van der Waals surface area contributed by atoms with E-state index >= 15 is 0 Å². The first-order valence-corrected chi connectivity index (χ1v) is 8.01. The minimum absolute atomic E-state index is 0.0181. The summed E-state index contributed by atoms with van der Waals surface area (Å²) in [7, 11) is 1.55. The number of nitrogens with one attached hydrogen (secondary N) is 1. The summed E-state index contributed by atoms with van der Waals surface area (Å²) in [6.45, 7) is 2.50. The second kappa shape index (κ2) is 6.74. The number of rotatable bonds is 5. The Balaban J connectivity index is 1.86. The molecule has 0 saturated carbocycles. The number of anilines is 2. The van der Waals surface area contributed by atoms with Gasteiger partial charge in [0.05, 0.1) is 19.3 Å². The molecule has 0 aromatic heterocycles. The first-order valence-electron chi connectivity index (χ1n) is 8.01. The Hall–Kier alpha value is -2.82. The average Bonchev–Trinajstić information content (AvgIpc) is 2.93. The lowest BCUT2D eigenvalue weighted by atomic mass is 10.1. The first-order chi connectivity index (χ1) is 11.6. The molecule has 5 heteroatoms. The number of nitrogens with zero attached hydrogens (tertiary/aromatic N) is 1. The van der Waals surface area contributed by atoms with Crippen LogP contribution in [0, 0.1) is 0 Å². The fourth-order valence-electron chi connectivity index (χ4n) is 2.85. The van der Waals surface area contributed by atoms with Crippen LogP contribution in [0.4, 0.5) is 11.4 Å². The molecule has 2 aromatic carbocycles. The smallest absolute Gasteiger partial charge is 0.258 e. The second-order valence-electron chi connectivity index (χ2n) is 5.73. The largest absolute Gasteiger partial charge is 0.494 e. The predicted molar refractivity (Wildman–Crippen MR) is 93.5 cm³/mol. The summed E-state index contributed by atoms with van der Waals surface area (Å²) in [4.78, 5) is 26.1. The quantitative estimate of drug-likeness (QED) is 0.914. The van der Waals surface area contributed by atoms with Crippen molar-refractivity contribution < 1.29 is 14.3 Å². The van der Waals surface area contributed by atoms with E-state index in [0.29, 0.717) is 24.4 Å². The minimum atomic E-state index is -0.0480. The van der Waals surface area contributed by atoms with Gasteiger partial charge in [0.15, 0.2) is 0 Å². The third kappa shape index (κ3) is 2.97. The molecule has 2 aromatic rings. The third-order valence-corrected chi connectivity index (χ3v) is 4.07. The highest BCUT2D eigenvalue weighted by Crippen LogP contribution is 2.34. The van der Waals surface area contributed by atoms with Crippen LogP contribution < -0.4 is 15.0 Å². The highest BCUT2D eigenvalue weighted by atomic mass is 16.5. The molecule has 5 nitrogen and oxygen atoms in total. The molecule has 2 amide bonds. The summed E-state index contributed by atoms with van der Waals surface area (Å²) in [5, 5.41) is 2.84. The monoisotopic (exact) mass is 324 g/mol. The van der Waals surface area contributed by atoms with E-state index in [9.17, 15) is 9.59 Å². The maximum Gasteiger partial charge on any atom is 0.258 e. The highest BCUT2D eigenvalue weighted by Gasteiger charge is 2.28. The maximum atomic E-state index is 12.6. The maximum absolute atomic E-state index is 12.6. The standard InChI is InChI=1S/C19H20N2O3/c1-3-6-18(22)20-16-10-9-14(11-17(16)24-2)21-12-13-7-4-5-8-15(13)19(21)23/h4-5,7-11H,3,6,12H2,1-2H3,(H,20,22). The summed E-state index contributed by atoms with van der Waals surface area (Å²) in [6.07, 6.45) is 1.25. The Labute approximate surface area is 141 Å². The predicted octanol–water partition coefficient (Wildman–Crippen LogP) is 3.59. The molecule has 0 radical (unpaired) electrons. The van der Waals surface area contributed by atoms with Gasteiger partial charge in [0.25, 0.3) is 5.91 Å². The lowest BCUT2D eigenvalue weighted by Crippen LogP contribution is -2.23. The number of amides is 2. The Morgan fingerprint density at radius 1 is 1.25 bits per heavy atom. The van der Waals surface area contributed by atoms with Gasteiger partial charge in [-0.15, -0.1) is 0 Å². The van der Waals surface area contributed by atoms with Crippen molar-refractivity contribution in [3.63, 3.8) is 0 Å². The molecule has 0 bridgehead atoms. The molecule has 3 rings (SSSR count). The Morgan fingerprint density at radius 3 is 2.75 bits per heavy atom. The van der Waals surface area contributed by atoms with Crippen molar-refractivity contribution in [2.75, 3.05) is 17.3 Å². The van der Waals surface area contributed by atoms with Gasteiger partial charge in [0, 0.05) is 23.7 Å². The van der Waals surface area contributed by atoms with E-state index in [4.69, 9.17) is 4.74 Å². The molecule has 1 N–H and O–H groups in total. The molecule has 1 heterocycles. The van der Waals surface area contributed by atoms with Gasteiger partial charge in [0.1, 0.15) is 5.75 Å². The molecule has 24 heavy (non-hydrogen) atoms. The van der Waals surface area contributed by atoms with Gasteiger partial charge in [-0.3, -0.25) is 9.59 Å². The van der Waals surface area contributed by atoms with Crippen molar-refractivity contribution in [3.8, 4) is 5.75 Å². The second-order valence-corrected chi connectivity index (χ2v) is 5.73. The highest BCUT2D eigenvalue weighted by molar-refractivity contribution is 6.10. The molecular weight excluding hydrogens is 304 g/mol. The van der Waals surface area contributed by atoms with Crippen LogP contribution in [0.2, 0.25) is 0 Å². The lowest BCUT2D eigenvalue weighted by Gasteiger charge is -2.18. The molecule has 0 fully saturated rings. The van der Waals surface area contributed by atoms with Crippen molar-refractivity contribution in [2.24, 2.45) is 0 Å². The van der Waals surface area contributed by atoms with Crippen LogP contribution in [-0.2, 0) is 11.3 Å². The zero-order chi connectivity index (χ0) is 17.1. The average molecular weight is 324 g/mol. The van der Waals surface area contributed by atoms with Crippen LogP contribution in [0.15, 0.2) is 42.5 Å². The molecule has 1 aliphatic rings. The van der Waals surface area contributed by atoms with Crippen LogP contribution >= 0.6 is 0 Å². The van der Waals surface area contributed by atoms with Crippen LogP contribution in [0.5, 0.6) is 5.75 Å². The molecule has 0 saturated heterocycles. The van der Waals surface area contributed by atoms with Gasteiger partial charge >= 0.3 is 0 Å². The number of fused-ring (bicyclic) bond motifs is 1. The number of hydrogen-bond acceptors (Lipinski definition) is 3. The van der Waals surface area contributed by atoms with Gasteiger partial charge in [-0.2, -0.15) is 0 Å². The molecule has 0 aliphatic carbocycles. The van der Waals surface area contributed by atoms with E-state index in [0.717, 1.165) is 23.2 Å². The van der Waals surface area contributed by atoms with Gasteiger partial charge in [0.2, 0.25) is 5.91 Å². The van der Waals surface area contributed by atoms with Crippen molar-refractivity contribution in [1.29, 1.82) is 0 Å². The van der Waals surface area contributed by atoms with Crippen molar-refractivity contribution in [3.05, 3.63) is 53.6 Å². The lowest BCUT2D eigenvalue weighted by molar-refractivity contribution is -0.116. The zero-order valence-electron chi connectivity index (χ0n) is 13.8. The molecular formula is C19H20N2O3. The topological polar surface area (TPSA) is 58.6 Å². The molecule has 0 unspecified atom stereocenters. The van der Waals surface area contributed by atoms with E-state index < -0.39 is 0 Å². The number of carbonyl (C=O) groups excluding carboxylic acids is 2. The number of benzene rings is 2. The number of carbonyl (C=O) groups is 2. The normalized spacial score (nSPS) is 12.9. The minimum Gasteiger partial charge on any atom is -0.494 e. The fraction of sp³-hybridized carbons (Fsp3) is 0.263. The first kappa shape index (κ1) is 16.1. The van der Waals surface area contributed by atoms with Crippen molar-refractivity contribution >= 4 is 23.2 Å². The summed E-state index contributed by atoms with van der Waals surface area (Å²) >= 11 is 0. The summed E-state index contributed by atoms with van der Waals surface area (Å²) in [5.74, 6) is 0.476. The SMILES string of the molecule is CCCC(=O)Nc1ccc(N2Cc3ccccc3C2=O)cc1OC. The van der Waals surface area contributed by atoms with Gasteiger partial charge in [-0.05, 0) is 30.2 Å². The Morgan fingerprint density at radius 2 is 2.04 bits per heavy atom. The van der Waals surface area contributed by atoms with E-state index in [1.807, 2.05) is 37.3 Å². The third-order valence-electron chi connectivity index (χ3n) is 4.07. The van der Waals surface area contributed by atoms with E-state index in [1.165, 1.54) is 0 Å². The van der Waals surface area contributed by atoms with Crippen LogP contribution in [0.25, 0.3) is 0 Å². The van der Waals surface area contributed by atoms with E-state index in [1.54, 1.807) is 24.1 Å². The van der Waals surface area contributed by atoms with E-state index in [2.05, 4.69) is 5.32 Å². The van der Waals surface area contributed by atoms with Crippen molar-refractivity contribution in [2.45, 2.75) is 26.3 Å². The number of methoxy groups -OCH3 is 1. The van der Waals surface area contributed by atoms with Gasteiger partial charge in [-0.25, -0.2) is 0 Å². The van der Waals surface area contributed by atoms with Gasteiger partial charge < -0.3 is 15.0 Å². The summed E-state index contributed by atoms with van der Waals surface area (Å²) in [5.41, 5.74) is 3.11. The molecule has 124 valence electrons. The fourth-order valence-corrected chi connectivity index (χ4v) is 2.85. The molecule has 0 atom stereocenters. The Kier molecular flexibility index (Phi) is 4.51. The zero-order valence-corrected chi connectivity index (χ0v) is 13.8. The van der Waals surface area contributed by atoms with Crippen LogP contribution in [0.3, 0.4) is 0 Å². The van der Waals surface area contributed by atoms with Crippen LogP contribution in [0.1, 0.15) is 35.7 Å². The van der Waals surface area contributed by atoms with E-state index in [-0.39, 0.29) is 11.8 Å².